The minimum atomic E-state index is -0.312. The van der Waals surface area contributed by atoms with Gasteiger partial charge in [0.05, 0.1) is 0 Å². The average Bonchev–Trinajstić information content (AvgIpc) is 2.36. The van der Waals surface area contributed by atoms with Gasteiger partial charge in [0.2, 0.25) is 0 Å². The molecule has 0 bridgehead atoms. The number of rotatable bonds is 3. The molecule has 2 nitrogen and oxygen atoms in total. The van der Waals surface area contributed by atoms with Crippen molar-refractivity contribution in [1.29, 1.82) is 0 Å². The Labute approximate surface area is 119 Å². The van der Waals surface area contributed by atoms with Gasteiger partial charge < -0.3 is 5.32 Å². The van der Waals surface area contributed by atoms with Gasteiger partial charge in [0.25, 0.3) is 5.91 Å². The van der Waals surface area contributed by atoms with Gasteiger partial charge >= 0.3 is 0 Å². The Hall–Kier alpha value is -1.68. The van der Waals surface area contributed by atoms with E-state index in [1.54, 1.807) is 30.3 Å². The fraction of sp³-hybridized carbons (Fsp3) is 0.133. The van der Waals surface area contributed by atoms with Crippen LogP contribution in [-0.2, 0) is 6.54 Å². The van der Waals surface area contributed by atoms with Gasteiger partial charge in [0.1, 0.15) is 5.82 Å². The molecule has 0 atom stereocenters. The molecular formula is C15H13BrFNO. The fourth-order valence-electron chi connectivity index (χ4n) is 1.79. The first kappa shape index (κ1) is 13.7. The van der Waals surface area contributed by atoms with Crippen molar-refractivity contribution in [3.63, 3.8) is 0 Å². The SMILES string of the molecule is Cc1cc(Br)cc(C(=O)NCc2ccccc2F)c1. The van der Waals surface area contributed by atoms with Crippen LogP contribution in [0.4, 0.5) is 4.39 Å². The van der Waals surface area contributed by atoms with E-state index in [2.05, 4.69) is 21.2 Å². The standard InChI is InChI=1S/C15H13BrFNO/c1-10-6-12(8-13(16)7-10)15(19)18-9-11-4-2-3-5-14(11)17/h2-8H,9H2,1H3,(H,18,19). The molecule has 0 aliphatic rings. The highest BCUT2D eigenvalue weighted by molar-refractivity contribution is 9.10. The van der Waals surface area contributed by atoms with E-state index in [1.807, 2.05) is 13.0 Å². The Kier molecular flexibility index (Phi) is 4.32. The van der Waals surface area contributed by atoms with Crippen LogP contribution in [0.15, 0.2) is 46.9 Å². The molecule has 1 amide bonds. The van der Waals surface area contributed by atoms with Crippen LogP contribution < -0.4 is 5.32 Å². The number of hydrogen-bond donors (Lipinski definition) is 1. The molecule has 0 heterocycles. The van der Waals surface area contributed by atoms with Gasteiger partial charge in [-0.05, 0) is 36.8 Å². The second-order valence-corrected chi connectivity index (χ2v) is 5.21. The molecule has 0 aliphatic heterocycles. The summed E-state index contributed by atoms with van der Waals surface area (Å²) in [5.41, 5.74) is 2.02. The lowest BCUT2D eigenvalue weighted by Gasteiger charge is -2.07. The minimum absolute atomic E-state index is 0.178. The lowest BCUT2D eigenvalue weighted by Crippen LogP contribution is -2.23. The van der Waals surface area contributed by atoms with E-state index < -0.39 is 0 Å². The summed E-state index contributed by atoms with van der Waals surface area (Å²) in [5.74, 6) is -0.527. The molecule has 0 saturated carbocycles. The van der Waals surface area contributed by atoms with E-state index in [0.717, 1.165) is 10.0 Å². The Bertz CT molecular complexity index is 593. The first-order valence-corrected chi connectivity index (χ1v) is 6.64. The second kappa shape index (κ2) is 5.97. The number of benzene rings is 2. The summed E-state index contributed by atoms with van der Waals surface area (Å²) in [7, 11) is 0. The van der Waals surface area contributed by atoms with Gasteiger partial charge in [-0.25, -0.2) is 4.39 Å². The summed E-state index contributed by atoms with van der Waals surface area (Å²) in [6.07, 6.45) is 0. The summed E-state index contributed by atoms with van der Waals surface area (Å²) in [4.78, 5) is 12.0. The van der Waals surface area contributed by atoms with Crippen LogP contribution in [0.3, 0.4) is 0 Å². The molecular weight excluding hydrogens is 309 g/mol. The molecule has 1 N–H and O–H groups in total. The highest BCUT2D eigenvalue weighted by Crippen LogP contribution is 2.15. The molecule has 0 spiro atoms. The molecule has 2 aromatic carbocycles. The summed E-state index contributed by atoms with van der Waals surface area (Å²) in [6.45, 7) is 2.09. The minimum Gasteiger partial charge on any atom is -0.348 e. The van der Waals surface area contributed by atoms with Crippen LogP contribution in [0.5, 0.6) is 0 Å². The molecule has 0 saturated heterocycles. The second-order valence-electron chi connectivity index (χ2n) is 4.29. The monoisotopic (exact) mass is 321 g/mol. The Morgan fingerprint density at radius 3 is 2.68 bits per heavy atom. The molecule has 2 rings (SSSR count). The average molecular weight is 322 g/mol. The van der Waals surface area contributed by atoms with Crippen LogP contribution in [-0.4, -0.2) is 5.91 Å². The number of nitrogens with one attached hydrogen (secondary N) is 1. The van der Waals surface area contributed by atoms with E-state index in [9.17, 15) is 9.18 Å². The third-order valence-electron chi connectivity index (χ3n) is 2.70. The number of aryl methyl sites for hydroxylation is 1. The Morgan fingerprint density at radius 2 is 2.00 bits per heavy atom. The molecule has 0 radical (unpaired) electrons. The van der Waals surface area contributed by atoms with Gasteiger partial charge in [0, 0.05) is 22.1 Å². The lowest BCUT2D eigenvalue weighted by atomic mass is 10.1. The number of carbonyl (C=O) groups excluding carboxylic acids is 1. The highest BCUT2D eigenvalue weighted by Gasteiger charge is 2.08. The first-order chi connectivity index (χ1) is 9.06. The third-order valence-corrected chi connectivity index (χ3v) is 3.16. The molecule has 4 heteroatoms. The summed E-state index contributed by atoms with van der Waals surface area (Å²) in [6, 6.07) is 11.9. The van der Waals surface area contributed by atoms with Crippen LogP contribution in [0, 0.1) is 12.7 Å². The topological polar surface area (TPSA) is 29.1 Å². The molecule has 0 unspecified atom stereocenters. The van der Waals surface area contributed by atoms with Crippen molar-refractivity contribution >= 4 is 21.8 Å². The van der Waals surface area contributed by atoms with Gasteiger partial charge in [-0.15, -0.1) is 0 Å². The number of hydrogen-bond acceptors (Lipinski definition) is 1. The van der Waals surface area contributed by atoms with Gasteiger partial charge in [-0.3, -0.25) is 4.79 Å². The van der Waals surface area contributed by atoms with Crippen molar-refractivity contribution in [2.45, 2.75) is 13.5 Å². The van der Waals surface area contributed by atoms with Crippen molar-refractivity contribution in [3.8, 4) is 0 Å². The number of carbonyl (C=O) groups is 1. The van der Waals surface area contributed by atoms with Crippen molar-refractivity contribution in [1.82, 2.24) is 5.32 Å². The molecule has 0 aromatic heterocycles. The normalized spacial score (nSPS) is 10.3. The van der Waals surface area contributed by atoms with E-state index in [1.165, 1.54) is 6.07 Å². The lowest BCUT2D eigenvalue weighted by molar-refractivity contribution is 0.0950. The summed E-state index contributed by atoms with van der Waals surface area (Å²) < 4.78 is 14.3. The maximum absolute atomic E-state index is 13.4. The van der Waals surface area contributed by atoms with Gasteiger partial charge in [0.15, 0.2) is 0 Å². The fourth-order valence-corrected chi connectivity index (χ4v) is 2.39. The molecule has 19 heavy (non-hydrogen) atoms. The molecule has 0 fully saturated rings. The van der Waals surface area contributed by atoms with Crippen LogP contribution >= 0.6 is 15.9 Å². The predicted molar refractivity (Wildman–Crippen MR) is 76.4 cm³/mol. The first-order valence-electron chi connectivity index (χ1n) is 5.85. The smallest absolute Gasteiger partial charge is 0.251 e. The zero-order chi connectivity index (χ0) is 13.8. The summed E-state index contributed by atoms with van der Waals surface area (Å²) in [5, 5.41) is 2.71. The molecule has 98 valence electrons. The van der Waals surface area contributed by atoms with E-state index >= 15 is 0 Å². The van der Waals surface area contributed by atoms with Crippen molar-refractivity contribution < 1.29 is 9.18 Å². The van der Waals surface area contributed by atoms with E-state index in [-0.39, 0.29) is 18.3 Å². The maximum atomic E-state index is 13.4. The summed E-state index contributed by atoms with van der Waals surface area (Å²) >= 11 is 3.35. The number of amides is 1. The van der Waals surface area contributed by atoms with Crippen LogP contribution in [0.1, 0.15) is 21.5 Å². The van der Waals surface area contributed by atoms with Gasteiger partial charge in [-0.1, -0.05) is 34.1 Å². The Morgan fingerprint density at radius 1 is 1.26 bits per heavy atom. The van der Waals surface area contributed by atoms with Crippen molar-refractivity contribution in [2.24, 2.45) is 0 Å². The van der Waals surface area contributed by atoms with Crippen LogP contribution in [0.2, 0.25) is 0 Å². The molecule has 0 aliphatic carbocycles. The van der Waals surface area contributed by atoms with Gasteiger partial charge in [-0.2, -0.15) is 0 Å². The quantitative estimate of drug-likeness (QED) is 0.914. The predicted octanol–water partition coefficient (Wildman–Crippen LogP) is 3.83. The van der Waals surface area contributed by atoms with Crippen molar-refractivity contribution in [3.05, 3.63) is 69.4 Å². The van der Waals surface area contributed by atoms with E-state index in [0.29, 0.717) is 11.1 Å². The van der Waals surface area contributed by atoms with Crippen LogP contribution in [0.25, 0.3) is 0 Å². The molecule has 2 aromatic rings. The largest absolute Gasteiger partial charge is 0.348 e. The van der Waals surface area contributed by atoms with Crippen molar-refractivity contribution in [2.75, 3.05) is 0 Å². The third kappa shape index (κ3) is 3.64. The maximum Gasteiger partial charge on any atom is 0.251 e. The highest BCUT2D eigenvalue weighted by atomic mass is 79.9. The Balaban J connectivity index is 2.08. The number of halogens is 2. The zero-order valence-electron chi connectivity index (χ0n) is 10.4. The van der Waals surface area contributed by atoms with E-state index in [4.69, 9.17) is 0 Å². The zero-order valence-corrected chi connectivity index (χ0v) is 12.0.